The SMILES string of the molecule is CN(C)c1ccc(/C=C(/NC(=O)c2ccccc2)C(=O)Nc2cccc(SC(C(=O)Nc3nc(-c4cccs4)cs3)c3ccccc3)c2)cc1. The fourth-order valence-corrected chi connectivity index (χ4v) is 7.46. The Kier molecular flexibility index (Phi) is 11.2. The third-order valence-corrected chi connectivity index (χ3v) is 10.3. The largest absolute Gasteiger partial charge is 0.378 e. The number of amides is 3. The van der Waals surface area contributed by atoms with E-state index in [1.807, 2.05) is 121 Å². The summed E-state index contributed by atoms with van der Waals surface area (Å²) in [7, 11) is 3.90. The van der Waals surface area contributed by atoms with E-state index in [4.69, 9.17) is 0 Å². The van der Waals surface area contributed by atoms with Crippen LogP contribution < -0.4 is 20.9 Å². The molecule has 11 heteroatoms. The monoisotopic (exact) mass is 715 g/mol. The third kappa shape index (κ3) is 8.94. The molecule has 3 N–H and O–H groups in total. The van der Waals surface area contributed by atoms with Crippen molar-refractivity contribution in [3.05, 3.63) is 154 Å². The molecule has 1 unspecified atom stereocenters. The second kappa shape index (κ2) is 16.3. The van der Waals surface area contributed by atoms with Crippen molar-refractivity contribution in [2.24, 2.45) is 0 Å². The topological polar surface area (TPSA) is 103 Å². The number of benzene rings is 4. The number of rotatable bonds is 12. The first-order valence-corrected chi connectivity index (χ1v) is 18.2. The van der Waals surface area contributed by atoms with Crippen LogP contribution in [-0.2, 0) is 9.59 Å². The Bertz CT molecular complexity index is 2100. The molecule has 0 bridgehead atoms. The molecule has 2 aromatic heterocycles. The summed E-state index contributed by atoms with van der Waals surface area (Å²) >= 11 is 4.34. The minimum absolute atomic E-state index is 0.0846. The molecule has 0 aliphatic heterocycles. The van der Waals surface area contributed by atoms with E-state index < -0.39 is 17.1 Å². The zero-order chi connectivity index (χ0) is 34.9. The van der Waals surface area contributed by atoms with E-state index in [9.17, 15) is 14.4 Å². The first-order valence-electron chi connectivity index (χ1n) is 15.6. The molecule has 0 saturated carbocycles. The van der Waals surface area contributed by atoms with Gasteiger partial charge in [-0.15, -0.1) is 34.4 Å². The van der Waals surface area contributed by atoms with Crippen LogP contribution in [0.1, 0.15) is 26.7 Å². The van der Waals surface area contributed by atoms with Crippen LogP contribution in [0.15, 0.2) is 143 Å². The number of carbonyl (C=O) groups is 3. The Morgan fingerprint density at radius 2 is 1.54 bits per heavy atom. The summed E-state index contributed by atoms with van der Waals surface area (Å²) in [6.07, 6.45) is 1.65. The van der Waals surface area contributed by atoms with Gasteiger partial charge >= 0.3 is 0 Å². The minimum atomic E-state index is -0.595. The fraction of sp³-hybridized carbons (Fsp3) is 0.0769. The van der Waals surface area contributed by atoms with Gasteiger partial charge in [-0.3, -0.25) is 14.4 Å². The van der Waals surface area contributed by atoms with Gasteiger partial charge in [-0.2, -0.15) is 0 Å². The second-order valence-corrected chi connectivity index (χ2v) is 14.2. The summed E-state index contributed by atoms with van der Waals surface area (Å²) in [6.45, 7) is 0. The Balaban J connectivity index is 1.21. The fourth-order valence-electron chi connectivity index (χ4n) is 4.90. The minimum Gasteiger partial charge on any atom is -0.378 e. The Labute approximate surface area is 302 Å². The number of thiophene rings is 1. The maximum absolute atomic E-state index is 13.7. The van der Waals surface area contributed by atoms with Crippen LogP contribution in [0.4, 0.5) is 16.5 Å². The van der Waals surface area contributed by atoms with Gasteiger partial charge in [0, 0.05) is 41.3 Å². The summed E-state index contributed by atoms with van der Waals surface area (Å²) in [6, 6.07) is 37.2. The van der Waals surface area contributed by atoms with Crippen LogP contribution in [0.2, 0.25) is 0 Å². The lowest BCUT2D eigenvalue weighted by molar-refractivity contribution is -0.116. The van der Waals surface area contributed by atoms with Crippen molar-refractivity contribution in [3.63, 3.8) is 0 Å². The quantitative estimate of drug-likeness (QED) is 0.0865. The Morgan fingerprint density at radius 1 is 0.800 bits per heavy atom. The maximum atomic E-state index is 13.7. The highest BCUT2D eigenvalue weighted by Crippen LogP contribution is 2.38. The van der Waals surface area contributed by atoms with Crippen molar-refractivity contribution >= 4 is 74.7 Å². The van der Waals surface area contributed by atoms with E-state index in [1.54, 1.807) is 47.7 Å². The van der Waals surface area contributed by atoms with E-state index in [0.717, 1.165) is 32.3 Å². The van der Waals surface area contributed by atoms with Gasteiger partial charge in [0.1, 0.15) is 10.9 Å². The molecule has 0 radical (unpaired) electrons. The van der Waals surface area contributed by atoms with Crippen molar-refractivity contribution < 1.29 is 14.4 Å². The molecule has 50 heavy (non-hydrogen) atoms. The van der Waals surface area contributed by atoms with Crippen molar-refractivity contribution in [1.82, 2.24) is 10.3 Å². The summed E-state index contributed by atoms with van der Waals surface area (Å²) in [5, 5.41) is 12.6. The summed E-state index contributed by atoms with van der Waals surface area (Å²) in [4.78, 5) is 49.0. The third-order valence-electron chi connectivity index (χ3n) is 7.44. The van der Waals surface area contributed by atoms with E-state index in [1.165, 1.54) is 23.1 Å². The molecule has 4 aromatic carbocycles. The molecule has 2 heterocycles. The van der Waals surface area contributed by atoms with Crippen LogP contribution in [0, 0.1) is 0 Å². The summed E-state index contributed by atoms with van der Waals surface area (Å²) in [5.41, 5.74) is 4.43. The molecule has 0 aliphatic rings. The van der Waals surface area contributed by atoms with Crippen molar-refractivity contribution in [2.45, 2.75) is 10.1 Å². The number of thioether (sulfide) groups is 1. The molecular formula is C39H33N5O3S3. The lowest BCUT2D eigenvalue weighted by Crippen LogP contribution is -2.30. The van der Waals surface area contributed by atoms with Gasteiger partial charge in [0.25, 0.3) is 11.8 Å². The van der Waals surface area contributed by atoms with Gasteiger partial charge < -0.3 is 20.9 Å². The van der Waals surface area contributed by atoms with Crippen molar-refractivity contribution in [2.75, 3.05) is 29.6 Å². The molecule has 0 saturated heterocycles. The van der Waals surface area contributed by atoms with Gasteiger partial charge in [-0.25, -0.2) is 4.98 Å². The van der Waals surface area contributed by atoms with E-state index in [2.05, 4.69) is 20.9 Å². The molecule has 6 rings (SSSR count). The first-order chi connectivity index (χ1) is 24.3. The number of hydrogen-bond donors (Lipinski definition) is 3. The number of thiazole rings is 1. The average molecular weight is 716 g/mol. The van der Waals surface area contributed by atoms with Gasteiger partial charge in [0.05, 0.1) is 10.6 Å². The standard InChI is InChI=1S/C39H33N5O3S3/c1-44(2)30-20-18-26(19-21-30)23-32(41-36(45)28-13-7-4-8-14-28)37(46)40-29-15-9-16-31(24-29)50-35(27-11-5-3-6-12-27)38(47)43-39-42-33(25-49-39)34-17-10-22-48-34/h3-25,35H,1-2H3,(H,40,46)(H,41,45)(H,42,43,47)/b32-23+. The predicted molar refractivity (Wildman–Crippen MR) is 207 cm³/mol. The molecule has 8 nitrogen and oxygen atoms in total. The van der Waals surface area contributed by atoms with Crippen LogP contribution in [0.25, 0.3) is 16.6 Å². The van der Waals surface area contributed by atoms with Crippen LogP contribution in [0.5, 0.6) is 0 Å². The molecule has 250 valence electrons. The smallest absolute Gasteiger partial charge is 0.272 e. The van der Waals surface area contributed by atoms with Gasteiger partial charge in [-0.1, -0.05) is 72.8 Å². The number of anilines is 3. The highest BCUT2D eigenvalue weighted by Gasteiger charge is 2.24. The van der Waals surface area contributed by atoms with E-state index in [-0.39, 0.29) is 11.6 Å². The first kappa shape index (κ1) is 34.4. The normalized spacial score (nSPS) is 11.8. The van der Waals surface area contributed by atoms with Crippen LogP contribution >= 0.6 is 34.4 Å². The van der Waals surface area contributed by atoms with Crippen LogP contribution in [0.3, 0.4) is 0 Å². The molecular weight excluding hydrogens is 683 g/mol. The van der Waals surface area contributed by atoms with Crippen molar-refractivity contribution in [3.8, 4) is 10.6 Å². The summed E-state index contributed by atoms with van der Waals surface area (Å²) in [5.74, 6) is -1.10. The maximum Gasteiger partial charge on any atom is 0.272 e. The zero-order valence-corrected chi connectivity index (χ0v) is 29.6. The molecule has 1 atom stereocenters. The molecule has 0 spiro atoms. The number of nitrogens with zero attached hydrogens (tertiary/aromatic N) is 2. The van der Waals surface area contributed by atoms with E-state index >= 15 is 0 Å². The zero-order valence-electron chi connectivity index (χ0n) is 27.2. The van der Waals surface area contributed by atoms with E-state index in [0.29, 0.717) is 16.4 Å². The molecule has 6 aromatic rings. The number of hydrogen-bond acceptors (Lipinski definition) is 8. The van der Waals surface area contributed by atoms with Gasteiger partial charge in [0.2, 0.25) is 5.91 Å². The molecule has 0 aliphatic carbocycles. The predicted octanol–water partition coefficient (Wildman–Crippen LogP) is 8.82. The highest BCUT2D eigenvalue weighted by atomic mass is 32.2. The Morgan fingerprint density at radius 3 is 2.24 bits per heavy atom. The van der Waals surface area contributed by atoms with Gasteiger partial charge in [0.15, 0.2) is 5.13 Å². The summed E-state index contributed by atoms with van der Waals surface area (Å²) < 4.78 is 0. The van der Waals surface area contributed by atoms with Crippen LogP contribution in [-0.4, -0.2) is 36.8 Å². The number of nitrogens with one attached hydrogen (secondary N) is 3. The molecule has 0 fully saturated rings. The highest BCUT2D eigenvalue weighted by molar-refractivity contribution is 8.00. The lowest BCUT2D eigenvalue weighted by atomic mass is 10.1. The van der Waals surface area contributed by atoms with Gasteiger partial charge in [-0.05, 0) is 71.1 Å². The second-order valence-electron chi connectivity index (χ2n) is 11.3. The number of carbonyl (C=O) groups excluding carboxylic acids is 3. The number of aromatic nitrogens is 1. The Hall–Kier alpha value is -5.49. The average Bonchev–Trinajstić information content (AvgIpc) is 3.84. The van der Waals surface area contributed by atoms with Crippen molar-refractivity contribution in [1.29, 1.82) is 0 Å². The molecule has 3 amide bonds. The lowest BCUT2D eigenvalue weighted by Gasteiger charge is -2.17.